The third kappa shape index (κ3) is 5.25. The molecular weight excluding hydrogens is 386 g/mol. The van der Waals surface area contributed by atoms with E-state index in [1.807, 2.05) is 12.1 Å². The molecule has 5 nitrogen and oxygen atoms in total. The minimum atomic E-state index is -3.50. The largest absolute Gasteiger partial charge is 0.461 e. The Balaban J connectivity index is 1.51. The Morgan fingerprint density at radius 1 is 1.00 bits per heavy atom. The molecule has 0 radical (unpaired) electrons. The van der Waals surface area contributed by atoms with Crippen LogP contribution in [0.15, 0.2) is 59.5 Å². The Labute approximate surface area is 173 Å². The van der Waals surface area contributed by atoms with Crippen molar-refractivity contribution in [1.82, 2.24) is 4.31 Å². The molecule has 1 aliphatic rings. The Kier molecular flexibility index (Phi) is 6.44. The van der Waals surface area contributed by atoms with Crippen LogP contribution in [0, 0.1) is 5.92 Å². The number of hydrogen-bond acceptors (Lipinski definition) is 4. The number of ether oxygens (including phenoxy) is 1. The highest BCUT2D eigenvalue weighted by atomic mass is 32.2. The summed E-state index contributed by atoms with van der Waals surface area (Å²) in [6.45, 7) is 7.38. The molecule has 2 aromatic rings. The molecule has 1 aliphatic heterocycles. The summed E-state index contributed by atoms with van der Waals surface area (Å²) >= 11 is 0. The number of nitrogens with zero attached hydrogens (tertiary/aromatic N) is 1. The van der Waals surface area contributed by atoms with Crippen LogP contribution in [0.3, 0.4) is 0 Å². The highest BCUT2D eigenvalue weighted by molar-refractivity contribution is 7.89. The molecule has 0 unspecified atom stereocenters. The monoisotopic (exact) mass is 415 g/mol. The Bertz CT molecular complexity index is 923. The molecular formula is C23H29NO4S. The second-order valence-electron chi connectivity index (χ2n) is 8.55. The zero-order valence-electron chi connectivity index (χ0n) is 17.3. The third-order valence-electron chi connectivity index (χ3n) is 5.37. The molecule has 6 heteroatoms. The van der Waals surface area contributed by atoms with E-state index in [1.165, 1.54) is 9.87 Å². The van der Waals surface area contributed by atoms with E-state index in [-0.39, 0.29) is 23.9 Å². The molecule has 3 rings (SSSR count). The first-order chi connectivity index (χ1) is 13.7. The fourth-order valence-corrected chi connectivity index (χ4v) is 4.94. The molecule has 1 saturated heterocycles. The maximum atomic E-state index is 12.7. The van der Waals surface area contributed by atoms with Crippen molar-refractivity contribution in [2.24, 2.45) is 5.92 Å². The smallest absolute Gasteiger partial charge is 0.309 e. The van der Waals surface area contributed by atoms with Crippen LogP contribution in [0.5, 0.6) is 0 Å². The number of piperidine rings is 1. The zero-order chi connectivity index (χ0) is 21.1. The number of benzene rings is 2. The average Bonchev–Trinajstić information content (AvgIpc) is 2.72. The summed E-state index contributed by atoms with van der Waals surface area (Å²) in [5, 5.41) is 0. The fourth-order valence-electron chi connectivity index (χ4n) is 3.45. The van der Waals surface area contributed by atoms with Crippen LogP contribution in [-0.2, 0) is 31.6 Å². The first-order valence-corrected chi connectivity index (χ1v) is 11.4. The van der Waals surface area contributed by atoms with Gasteiger partial charge in [0.1, 0.15) is 6.61 Å². The summed E-state index contributed by atoms with van der Waals surface area (Å²) in [5.74, 6) is -0.507. The van der Waals surface area contributed by atoms with Gasteiger partial charge in [-0.05, 0) is 41.5 Å². The molecule has 29 heavy (non-hydrogen) atoms. The summed E-state index contributed by atoms with van der Waals surface area (Å²) in [5.41, 5.74) is 2.28. The average molecular weight is 416 g/mol. The van der Waals surface area contributed by atoms with Gasteiger partial charge < -0.3 is 4.74 Å². The van der Waals surface area contributed by atoms with Gasteiger partial charge >= 0.3 is 5.97 Å². The van der Waals surface area contributed by atoms with E-state index in [0.717, 1.165) is 5.56 Å². The van der Waals surface area contributed by atoms with Crippen LogP contribution in [0.2, 0.25) is 0 Å². The van der Waals surface area contributed by atoms with Crippen molar-refractivity contribution < 1.29 is 17.9 Å². The molecule has 0 atom stereocenters. The normalized spacial score (nSPS) is 16.5. The van der Waals surface area contributed by atoms with E-state index in [9.17, 15) is 13.2 Å². The van der Waals surface area contributed by atoms with Crippen LogP contribution in [0.25, 0.3) is 0 Å². The number of hydrogen-bond donors (Lipinski definition) is 0. The number of sulfonamides is 1. The van der Waals surface area contributed by atoms with E-state index in [0.29, 0.717) is 30.8 Å². The van der Waals surface area contributed by atoms with Crippen LogP contribution < -0.4 is 0 Å². The maximum absolute atomic E-state index is 12.7. The van der Waals surface area contributed by atoms with Crippen LogP contribution in [0.1, 0.15) is 44.7 Å². The highest BCUT2D eigenvalue weighted by Gasteiger charge is 2.32. The van der Waals surface area contributed by atoms with Crippen LogP contribution >= 0.6 is 0 Å². The summed E-state index contributed by atoms with van der Waals surface area (Å²) in [7, 11) is -3.50. The lowest BCUT2D eigenvalue weighted by molar-refractivity contribution is -0.151. The van der Waals surface area contributed by atoms with Gasteiger partial charge in [0.15, 0.2) is 0 Å². The van der Waals surface area contributed by atoms with Gasteiger partial charge in [-0.15, -0.1) is 0 Å². The van der Waals surface area contributed by atoms with Gasteiger partial charge in [-0.1, -0.05) is 63.2 Å². The second kappa shape index (κ2) is 8.67. The lowest BCUT2D eigenvalue weighted by Crippen LogP contribution is -2.40. The summed E-state index contributed by atoms with van der Waals surface area (Å²) in [4.78, 5) is 12.7. The van der Waals surface area contributed by atoms with Crippen molar-refractivity contribution in [3.8, 4) is 0 Å². The van der Waals surface area contributed by atoms with Crippen LogP contribution in [-0.4, -0.2) is 31.8 Å². The molecule has 1 fully saturated rings. The molecule has 1 heterocycles. The topological polar surface area (TPSA) is 63.7 Å². The van der Waals surface area contributed by atoms with E-state index in [1.54, 1.807) is 30.3 Å². The number of carbonyl (C=O) groups is 1. The minimum Gasteiger partial charge on any atom is -0.461 e. The van der Waals surface area contributed by atoms with Gasteiger partial charge in [0.05, 0.1) is 10.8 Å². The van der Waals surface area contributed by atoms with Gasteiger partial charge in [0.2, 0.25) is 10.0 Å². The molecule has 0 amide bonds. The van der Waals surface area contributed by atoms with Crippen molar-refractivity contribution >= 4 is 16.0 Å². The van der Waals surface area contributed by atoms with E-state index >= 15 is 0 Å². The second-order valence-corrected chi connectivity index (χ2v) is 10.5. The SMILES string of the molecule is CC(C)(C)c1ccc(COC(=O)C2CCN(S(=O)(=O)c3ccccc3)CC2)cc1. The fraction of sp³-hybridized carbons (Fsp3) is 0.435. The van der Waals surface area contributed by atoms with Crippen molar-refractivity contribution in [3.63, 3.8) is 0 Å². The Morgan fingerprint density at radius 2 is 1.59 bits per heavy atom. The summed E-state index contributed by atoms with van der Waals surface area (Å²) in [6, 6.07) is 16.5. The van der Waals surface area contributed by atoms with Crippen LogP contribution in [0.4, 0.5) is 0 Å². The minimum absolute atomic E-state index is 0.0866. The van der Waals surface area contributed by atoms with E-state index in [4.69, 9.17) is 4.74 Å². The number of rotatable bonds is 5. The molecule has 0 saturated carbocycles. The Morgan fingerprint density at radius 3 is 2.14 bits per heavy atom. The first kappa shape index (κ1) is 21.5. The Hall–Kier alpha value is -2.18. The molecule has 0 N–H and O–H groups in total. The standard InChI is InChI=1S/C23H29NO4S/c1-23(2,3)20-11-9-18(10-12-20)17-28-22(25)19-13-15-24(16-14-19)29(26,27)21-7-5-4-6-8-21/h4-12,19H,13-17H2,1-3H3. The van der Waals surface area contributed by atoms with E-state index < -0.39 is 10.0 Å². The highest BCUT2D eigenvalue weighted by Crippen LogP contribution is 2.25. The first-order valence-electron chi connectivity index (χ1n) is 9.99. The molecule has 0 spiro atoms. The van der Waals surface area contributed by atoms with Gasteiger partial charge in [-0.3, -0.25) is 4.79 Å². The molecule has 0 aromatic heterocycles. The summed E-state index contributed by atoms with van der Waals surface area (Å²) in [6.07, 6.45) is 0.960. The molecule has 156 valence electrons. The molecule has 2 aromatic carbocycles. The van der Waals surface area contributed by atoms with Crippen molar-refractivity contribution in [2.45, 2.75) is 50.5 Å². The molecule has 0 bridgehead atoms. The maximum Gasteiger partial charge on any atom is 0.309 e. The lowest BCUT2D eigenvalue weighted by Gasteiger charge is -2.30. The van der Waals surface area contributed by atoms with Crippen molar-refractivity contribution in [2.75, 3.05) is 13.1 Å². The predicted octanol–water partition coefficient (Wildman–Crippen LogP) is 4.13. The predicted molar refractivity (Wildman–Crippen MR) is 113 cm³/mol. The lowest BCUT2D eigenvalue weighted by atomic mass is 9.87. The van der Waals surface area contributed by atoms with Gasteiger partial charge in [-0.2, -0.15) is 4.31 Å². The third-order valence-corrected chi connectivity index (χ3v) is 7.28. The summed E-state index contributed by atoms with van der Waals surface area (Å²) < 4.78 is 32.3. The molecule has 0 aliphatic carbocycles. The van der Waals surface area contributed by atoms with Gasteiger partial charge in [0, 0.05) is 13.1 Å². The van der Waals surface area contributed by atoms with Crippen molar-refractivity contribution in [1.29, 1.82) is 0 Å². The number of carbonyl (C=O) groups excluding carboxylic acids is 1. The van der Waals surface area contributed by atoms with Gasteiger partial charge in [-0.25, -0.2) is 8.42 Å². The van der Waals surface area contributed by atoms with Crippen molar-refractivity contribution in [3.05, 3.63) is 65.7 Å². The number of esters is 1. The van der Waals surface area contributed by atoms with Gasteiger partial charge in [0.25, 0.3) is 0 Å². The van der Waals surface area contributed by atoms with E-state index in [2.05, 4.69) is 32.9 Å². The zero-order valence-corrected chi connectivity index (χ0v) is 18.1. The quantitative estimate of drug-likeness (QED) is 0.689.